The van der Waals surface area contributed by atoms with Crippen LogP contribution in [-0.2, 0) is 19.1 Å². The number of nitrogens with zero attached hydrogens (tertiary/aromatic N) is 3. The molecular formula is C55H74N4O5. The van der Waals surface area contributed by atoms with Gasteiger partial charge in [-0.2, -0.15) is 0 Å². The zero-order valence-electron chi connectivity index (χ0n) is 40.7. The molecule has 344 valence electrons. The summed E-state index contributed by atoms with van der Waals surface area (Å²) in [4.78, 5) is 42.4. The SMILES string of the molecule is C=CC1=C(C)C2=NC1=CC1=NC(=CC3=C(C)C4=C(O)[C@@H](C(=O)OC)C(=C5NC(=C2)[C@@H](C)[C@@H]5CCC(=O)OC/C=C(\C)CCC[C@@H](C)CCC[C@@H](C)CCCC(C)C)C4=N3)C(CC)=C1C. The second-order valence-corrected chi connectivity index (χ2v) is 19.5. The average molecular weight is 871 g/mol. The van der Waals surface area contributed by atoms with Crippen LogP contribution in [-0.4, -0.2) is 47.9 Å². The van der Waals surface area contributed by atoms with Crippen LogP contribution in [0.1, 0.15) is 146 Å². The summed E-state index contributed by atoms with van der Waals surface area (Å²) in [5.41, 5.74) is 13.3. The van der Waals surface area contributed by atoms with Crippen molar-refractivity contribution in [2.45, 2.75) is 146 Å². The monoisotopic (exact) mass is 871 g/mol. The molecule has 0 aromatic carbocycles. The molecule has 6 rings (SSSR count). The molecule has 9 heteroatoms. The van der Waals surface area contributed by atoms with E-state index >= 15 is 0 Å². The average Bonchev–Trinajstić information content (AvgIpc) is 3.99. The fourth-order valence-corrected chi connectivity index (χ4v) is 10.2. The molecule has 0 aromatic heterocycles. The second kappa shape index (κ2) is 21.3. The molecule has 0 amide bonds. The van der Waals surface area contributed by atoms with Crippen LogP contribution in [0.5, 0.6) is 0 Å². The number of aliphatic hydroxyl groups is 1. The second-order valence-electron chi connectivity index (χ2n) is 19.5. The summed E-state index contributed by atoms with van der Waals surface area (Å²) < 4.78 is 11.1. The Morgan fingerprint density at radius 3 is 2.19 bits per heavy atom. The first kappa shape index (κ1) is 48.4. The van der Waals surface area contributed by atoms with Gasteiger partial charge in [0.15, 0.2) is 0 Å². The number of methoxy groups -OCH3 is 1. The van der Waals surface area contributed by atoms with Crippen LogP contribution in [0.2, 0.25) is 0 Å². The molecule has 0 unspecified atom stereocenters. The zero-order chi connectivity index (χ0) is 46.4. The van der Waals surface area contributed by atoms with Gasteiger partial charge in [-0.3, -0.25) is 9.59 Å². The van der Waals surface area contributed by atoms with Crippen LogP contribution in [0, 0.1) is 35.5 Å². The summed E-state index contributed by atoms with van der Waals surface area (Å²) in [6, 6.07) is 0. The Morgan fingerprint density at radius 1 is 0.875 bits per heavy atom. The minimum atomic E-state index is -1.08. The third kappa shape index (κ3) is 10.6. The maximum atomic E-state index is 13.6. The molecule has 1 aliphatic carbocycles. The minimum Gasteiger partial charge on any atom is -0.510 e. The highest BCUT2D eigenvalue weighted by molar-refractivity contribution is 6.24. The van der Waals surface area contributed by atoms with Gasteiger partial charge in [-0.1, -0.05) is 105 Å². The van der Waals surface area contributed by atoms with E-state index in [1.165, 1.54) is 57.6 Å². The molecule has 2 N–H and O–H groups in total. The first-order valence-electron chi connectivity index (χ1n) is 24.1. The fraction of sp³-hybridized carbons (Fsp3) is 0.545. The lowest BCUT2D eigenvalue weighted by Crippen LogP contribution is -2.25. The van der Waals surface area contributed by atoms with Gasteiger partial charge in [0, 0.05) is 46.4 Å². The standard InChI is InChI=1S/C55H74N4O5/c1-13-39-35(8)42-28-44-37(10)41(24-25-48(60)64-27-26-34(7)23-17-22-33(6)21-16-20-32(5)19-15-18-31(3)4)52(58-44)50-51(55(62)63-12)54(61)49-38(11)45(59-53(49)50)30-47-40(14-2)36(9)43(57-47)29-46(39)56-42/h13,26,28-33,37,41,51,58,61H,1,14-25,27H2,2-12H3/b34-26+,44-28?,46-29?,47-30?,52-50?/t32-,33-,37-,41-,51-/m0/s1. The summed E-state index contributed by atoms with van der Waals surface area (Å²) >= 11 is 0. The number of allylic oxidation sites excluding steroid dienone is 12. The van der Waals surface area contributed by atoms with Gasteiger partial charge in [-0.15, -0.1) is 0 Å². The highest BCUT2D eigenvalue weighted by Gasteiger charge is 2.49. The molecule has 0 aromatic rings. The van der Waals surface area contributed by atoms with E-state index in [9.17, 15) is 14.7 Å². The van der Waals surface area contributed by atoms with Crippen LogP contribution in [0.15, 0.2) is 131 Å². The lowest BCUT2D eigenvalue weighted by molar-refractivity contribution is -0.144. The van der Waals surface area contributed by atoms with Crippen LogP contribution in [0.3, 0.4) is 0 Å². The molecular weight excluding hydrogens is 797 g/mol. The van der Waals surface area contributed by atoms with Crippen molar-refractivity contribution in [2.24, 2.45) is 50.5 Å². The van der Waals surface area contributed by atoms with E-state index in [4.69, 9.17) is 24.5 Å². The number of nitrogens with one attached hydrogen (secondary N) is 1. The topological polar surface area (TPSA) is 122 Å². The quantitative estimate of drug-likeness (QED) is 0.0928. The number of ether oxygens (including phenoxy) is 2. The molecule has 0 saturated carbocycles. The number of aliphatic hydroxyl groups excluding tert-OH is 1. The Hall–Kier alpha value is -5.05. The molecule has 5 atom stereocenters. The van der Waals surface area contributed by atoms with Crippen molar-refractivity contribution in [3.8, 4) is 0 Å². The molecule has 5 aliphatic heterocycles. The number of hydrogen-bond donors (Lipinski definition) is 2. The Kier molecular flexibility index (Phi) is 16.1. The maximum absolute atomic E-state index is 13.6. The molecule has 1 saturated heterocycles. The van der Waals surface area contributed by atoms with Crippen molar-refractivity contribution in [3.63, 3.8) is 0 Å². The van der Waals surface area contributed by atoms with Crippen molar-refractivity contribution < 1.29 is 24.2 Å². The first-order chi connectivity index (χ1) is 30.6. The smallest absolute Gasteiger partial charge is 0.321 e. The van der Waals surface area contributed by atoms with E-state index in [0.29, 0.717) is 29.0 Å². The van der Waals surface area contributed by atoms with E-state index in [1.807, 2.05) is 38.2 Å². The van der Waals surface area contributed by atoms with Gasteiger partial charge >= 0.3 is 11.9 Å². The third-order valence-electron chi connectivity index (χ3n) is 14.3. The van der Waals surface area contributed by atoms with Crippen molar-refractivity contribution in [2.75, 3.05) is 13.7 Å². The Morgan fingerprint density at radius 2 is 1.53 bits per heavy atom. The van der Waals surface area contributed by atoms with Gasteiger partial charge in [0.1, 0.15) is 18.3 Å². The van der Waals surface area contributed by atoms with Gasteiger partial charge in [-0.05, 0) is 118 Å². The number of hydrogen-bond acceptors (Lipinski definition) is 9. The minimum absolute atomic E-state index is 0.0838. The highest BCUT2D eigenvalue weighted by atomic mass is 16.5. The van der Waals surface area contributed by atoms with E-state index < -0.39 is 11.9 Å². The summed E-state index contributed by atoms with van der Waals surface area (Å²) in [5, 5.41) is 15.6. The van der Waals surface area contributed by atoms with E-state index in [0.717, 1.165) is 99.1 Å². The highest BCUT2D eigenvalue weighted by Crippen LogP contribution is 2.49. The number of carbonyl (C=O) groups excluding carboxylic acids is 2. The third-order valence-corrected chi connectivity index (χ3v) is 14.3. The van der Waals surface area contributed by atoms with Gasteiger partial charge in [0.2, 0.25) is 0 Å². The predicted octanol–water partition coefficient (Wildman–Crippen LogP) is 13.0. The molecule has 9 nitrogen and oxygen atoms in total. The molecule has 0 radical (unpaired) electrons. The van der Waals surface area contributed by atoms with E-state index in [2.05, 4.69) is 73.4 Å². The molecule has 64 heavy (non-hydrogen) atoms. The van der Waals surface area contributed by atoms with E-state index in [-0.39, 0.29) is 36.6 Å². The number of fused-ring (bicyclic) bond motifs is 5. The molecule has 0 spiro atoms. The molecule has 8 bridgehead atoms. The Bertz CT molecular complexity index is 2300. The normalized spacial score (nSPS) is 22.8. The van der Waals surface area contributed by atoms with Crippen LogP contribution >= 0.6 is 0 Å². The fourth-order valence-electron chi connectivity index (χ4n) is 10.2. The Balaban J connectivity index is 1.20. The lowest BCUT2D eigenvalue weighted by Gasteiger charge is -2.20. The number of carbonyl (C=O) groups is 2. The van der Waals surface area contributed by atoms with Gasteiger partial charge < -0.3 is 19.9 Å². The van der Waals surface area contributed by atoms with Crippen molar-refractivity contribution >= 4 is 29.1 Å². The Labute approximate surface area is 383 Å². The van der Waals surface area contributed by atoms with Crippen LogP contribution < -0.4 is 5.32 Å². The molecule has 6 aliphatic rings. The zero-order valence-corrected chi connectivity index (χ0v) is 40.7. The van der Waals surface area contributed by atoms with Crippen molar-refractivity contribution in [1.82, 2.24) is 5.32 Å². The largest absolute Gasteiger partial charge is 0.510 e. The first-order valence-corrected chi connectivity index (χ1v) is 24.1. The molecule has 1 fully saturated rings. The predicted molar refractivity (Wildman–Crippen MR) is 262 cm³/mol. The molecule has 5 heterocycles. The van der Waals surface area contributed by atoms with Crippen LogP contribution in [0.4, 0.5) is 0 Å². The lowest BCUT2D eigenvalue weighted by atomic mass is 9.84. The number of rotatable bonds is 20. The maximum Gasteiger partial charge on any atom is 0.321 e. The van der Waals surface area contributed by atoms with Gasteiger partial charge in [0.25, 0.3) is 0 Å². The van der Waals surface area contributed by atoms with Gasteiger partial charge in [0.05, 0.1) is 41.3 Å². The number of esters is 2. The summed E-state index contributed by atoms with van der Waals surface area (Å²) in [6.07, 6.45) is 22.7. The van der Waals surface area contributed by atoms with Crippen molar-refractivity contribution in [1.29, 1.82) is 0 Å². The summed E-state index contributed by atoms with van der Waals surface area (Å²) in [7, 11) is 1.33. The van der Waals surface area contributed by atoms with E-state index in [1.54, 1.807) is 0 Å². The van der Waals surface area contributed by atoms with Crippen molar-refractivity contribution in [3.05, 3.63) is 116 Å². The summed E-state index contributed by atoms with van der Waals surface area (Å²) in [5.74, 6) is -0.0182. The van der Waals surface area contributed by atoms with Gasteiger partial charge in [-0.25, -0.2) is 15.0 Å². The number of aliphatic imine (C=N–C) groups is 3. The summed E-state index contributed by atoms with van der Waals surface area (Å²) in [6.45, 7) is 26.2. The van der Waals surface area contributed by atoms with Crippen LogP contribution in [0.25, 0.3) is 0 Å².